The topological polar surface area (TPSA) is 45.7 Å². The highest BCUT2D eigenvalue weighted by atomic mass is 32.1. The molecule has 0 unspecified atom stereocenters. The molecule has 2 aliphatic rings. The fourth-order valence-electron chi connectivity index (χ4n) is 3.30. The van der Waals surface area contributed by atoms with E-state index in [1.807, 2.05) is 17.0 Å². The number of morpholine rings is 1. The first-order chi connectivity index (χ1) is 11.8. The van der Waals surface area contributed by atoms with Crippen LogP contribution in [0.3, 0.4) is 0 Å². The van der Waals surface area contributed by atoms with E-state index in [0.717, 1.165) is 68.2 Å². The summed E-state index contributed by atoms with van der Waals surface area (Å²) in [6.45, 7) is 4.99. The van der Waals surface area contributed by atoms with Crippen molar-refractivity contribution in [2.24, 2.45) is 0 Å². The summed E-state index contributed by atoms with van der Waals surface area (Å²) >= 11 is 1.61. The number of amides is 1. The van der Waals surface area contributed by atoms with E-state index in [1.54, 1.807) is 23.7 Å². The summed E-state index contributed by atoms with van der Waals surface area (Å²) in [5.74, 6) is 0.173. The molecular weight excluding hydrogens is 322 g/mol. The van der Waals surface area contributed by atoms with Crippen molar-refractivity contribution in [1.82, 2.24) is 9.88 Å². The van der Waals surface area contributed by atoms with Gasteiger partial charge in [-0.1, -0.05) is 0 Å². The fraction of sp³-hybridized carbons (Fsp3) is 0.444. The number of carbonyl (C=O) groups excluding carboxylic acids is 1. The molecule has 0 N–H and O–H groups in total. The van der Waals surface area contributed by atoms with Gasteiger partial charge in [-0.25, -0.2) is 0 Å². The first kappa shape index (κ1) is 15.6. The molecule has 2 aliphatic heterocycles. The molecule has 4 rings (SSSR count). The number of hydrogen-bond donors (Lipinski definition) is 0. The van der Waals surface area contributed by atoms with E-state index < -0.39 is 0 Å². The quantitative estimate of drug-likeness (QED) is 0.860. The first-order valence-electron chi connectivity index (χ1n) is 8.49. The molecule has 2 aromatic heterocycles. The van der Waals surface area contributed by atoms with Gasteiger partial charge in [0, 0.05) is 44.1 Å². The van der Waals surface area contributed by atoms with Crippen LogP contribution < -0.4 is 4.90 Å². The number of anilines is 1. The largest absolute Gasteiger partial charge is 0.378 e. The zero-order chi connectivity index (χ0) is 16.4. The fourth-order valence-corrected chi connectivity index (χ4v) is 4.50. The Labute approximate surface area is 145 Å². The van der Waals surface area contributed by atoms with E-state index in [-0.39, 0.29) is 5.91 Å². The maximum absolute atomic E-state index is 12.8. The summed E-state index contributed by atoms with van der Waals surface area (Å²) in [5.41, 5.74) is 2.25. The molecule has 2 aromatic rings. The molecule has 2 saturated heterocycles. The SMILES string of the molecule is O=C(c1cc(-c2ccncc2)c(N2CCOCC2)s1)N1CCCC1. The maximum atomic E-state index is 12.8. The van der Waals surface area contributed by atoms with Crippen molar-refractivity contribution in [3.63, 3.8) is 0 Å². The first-order valence-corrected chi connectivity index (χ1v) is 9.31. The minimum Gasteiger partial charge on any atom is -0.378 e. The summed E-state index contributed by atoms with van der Waals surface area (Å²) < 4.78 is 5.48. The van der Waals surface area contributed by atoms with E-state index in [4.69, 9.17) is 4.74 Å². The van der Waals surface area contributed by atoms with Crippen molar-refractivity contribution in [2.45, 2.75) is 12.8 Å². The van der Waals surface area contributed by atoms with Gasteiger partial charge in [-0.2, -0.15) is 0 Å². The van der Waals surface area contributed by atoms with Gasteiger partial charge in [0.15, 0.2) is 0 Å². The molecule has 1 amide bonds. The Morgan fingerprint density at radius 2 is 1.79 bits per heavy atom. The molecule has 4 heterocycles. The number of ether oxygens (including phenoxy) is 1. The number of carbonyl (C=O) groups is 1. The second-order valence-electron chi connectivity index (χ2n) is 6.16. The number of likely N-dealkylation sites (tertiary alicyclic amines) is 1. The zero-order valence-electron chi connectivity index (χ0n) is 13.6. The lowest BCUT2D eigenvalue weighted by Gasteiger charge is -2.28. The van der Waals surface area contributed by atoms with Gasteiger partial charge in [-0.05, 0) is 36.6 Å². The molecule has 5 nitrogen and oxygen atoms in total. The highest BCUT2D eigenvalue weighted by Gasteiger charge is 2.25. The normalized spacial score (nSPS) is 18.2. The minimum atomic E-state index is 0.173. The lowest BCUT2D eigenvalue weighted by Crippen LogP contribution is -2.35. The van der Waals surface area contributed by atoms with Crippen LogP contribution in [0.5, 0.6) is 0 Å². The summed E-state index contributed by atoms with van der Waals surface area (Å²) in [6.07, 6.45) is 5.84. The monoisotopic (exact) mass is 343 g/mol. The molecule has 0 aromatic carbocycles. The smallest absolute Gasteiger partial charge is 0.264 e. The average molecular weight is 343 g/mol. The number of rotatable bonds is 3. The van der Waals surface area contributed by atoms with Crippen LogP contribution in [0.4, 0.5) is 5.00 Å². The molecule has 0 bridgehead atoms. The summed E-state index contributed by atoms with van der Waals surface area (Å²) in [6, 6.07) is 6.08. The van der Waals surface area contributed by atoms with E-state index in [2.05, 4.69) is 16.0 Å². The second kappa shape index (κ2) is 6.91. The van der Waals surface area contributed by atoms with Gasteiger partial charge >= 0.3 is 0 Å². The molecule has 0 aliphatic carbocycles. The van der Waals surface area contributed by atoms with Crippen LogP contribution in [-0.2, 0) is 4.74 Å². The lowest BCUT2D eigenvalue weighted by molar-refractivity contribution is 0.0797. The molecule has 126 valence electrons. The van der Waals surface area contributed by atoms with Crippen molar-refractivity contribution in [1.29, 1.82) is 0 Å². The minimum absolute atomic E-state index is 0.173. The van der Waals surface area contributed by atoms with Crippen molar-refractivity contribution >= 4 is 22.2 Å². The van der Waals surface area contributed by atoms with Crippen LogP contribution >= 0.6 is 11.3 Å². The molecule has 2 fully saturated rings. The van der Waals surface area contributed by atoms with Gasteiger partial charge in [-0.15, -0.1) is 11.3 Å². The number of nitrogens with zero attached hydrogens (tertiary/aromatic N) is 3. The highest BCUT2D eigenvalue weighted by molar-refractivity contribution is 7.18. The van der Waals surface area contributed by atoms with Crippen molar-refractivity contribution in [3.05, 3.63) is 35.5 Å². The van der Waals surface area contributed by atoms with Gasteiger partial charge in [0.05, 0.1) is 23.1 Å². The van der Waals surface area contributed by atoms with Gasteiger partial charge in [0.2, 0.25) is 0 Å². The van der Waals surface area contributed by atoms with E-state index in [0.29, 0.717) is 0 Å². The second-order valence-corrected chi connectivity index (χ2v) is 7.19. The van der Waals surface area contributed by atoms with Crippen LogP contribution in [0, 0.1) is 0 Å². The van der Waals surface area contributed by atoms with Crippen LogP contribution in [-0.4, -0.2) is 55.2 Å². The molecule has 24 heavy (non-hydrogen) atoms. The molecule has 0 atom stereocenters. The summed E-state index contributed by atoms with van der Waals surface area (Å²) in [7, 11) is 0. The number of thiophene rings is 1. The predicted molar refractivity (Wildman–Crippen MR) is 95.7 cm³/mol. The Morgan fingerprint density at radius 3 is 2.50 bits per heavy atom. The Balaban J connectivity index is 1.71. The van der Waals surface area contributed by atoms with Crippen LogP contribution in [0.2, 0.25) is 0 Å². The van der Waals surface area contributed by atoms with Crippen LogP contribution in [0.1, 0.15) is 22.5 Å². The third-order valence-electron chi connectivity index (χ3n) is 4.61. The van der Waals surface area contributed by atoms with Crippen molar-refractivity contribution in [3.8, 4) is 11.1 Å². The van der Waals surface area contributed by atoms with Crippen LogP contribution in [0.25, 0.3) is 11.1 Å². The third kappa shape index (κ3) is 3.03. The van der Waals surface area contributed by atoms with Crippen LogP contribution in [0.15, 0.2) is 30.6 Å². The molecular formula is C18H21N3O2S. The Hall–Kier alpha value is -1.92. The molecule has 0 saturated carbocycles. The Morgan fingerprint density at radius 1 is 1.08 bits per heavy atom. The third-order valence-corrected chi connectivity index (χ3v) is 5.79. The lowest BCUT2D eigenvalue weighted by atomic mass is 10.1. The Kier molecular flexibility index (Phi) is 4.49. The Bertz CT molecular complexity index is 704. The average Bonchev–Trinajstić information content (AvgIpc) is 3.33. The molecule has 0 spiro atoms. The highest BCUT2D eigenvalue weighted by Crippen LogP contribution is 2.39. The summed E-state index contributed by atoms with van der Waals surface area (Å²) in [5, 5.41) is 1.17. The van der Waals surface area contributed by atoms with Gasteiger partial charge in [0.1, 0.15) is 0 Å². The van der Waals surface area contributed by atoms with E-state index >= 15 is 0 Å². The number of hydrogen-bond acceptors (Lipinski definition) is 5. The zero-order valence-corrected chi connectivity index (χ0v) is 14.4. The predicted octanol–water partition coefficient (Wildman–Crippen LogP) is 2.88. The van der Waals surface area contributed by atoms with Gasteiger partial charge < -0.3 is 14.5 Å². The van der Waals surface area contributed by atoms with Crippen molar-refractivity contribution < 1.29 is 9.53 Å². The number of aromatic nitrogens is 1. The van der Waals surface area contributed by atoms with E-state index in [1.165, 1.54) is 5.00 Å². The molecule has 6 heteroatoms. The number of pyridine rings is 1. The summed E-state index contributed by atoms with van der Waals surface area (Å²) in [4.78, 5) is 22.1. The van der Waals surface area contributed by atoms with E-state index in [9.17, 15) is 4.79 Å². The molecule has 0 radical (unpaired) electrons. The van der Waals surface area contributed by atoms with Gasteiger partial charge in [0.25, 0.3) is 5.91 Å². The van der Waals surface area contributed by atoms with Gasteiger partial charge in [-0.3, -0.25) is 9.78 Å². The standard InChI is InChI=1S/C18H21N3O2S/c22-17(20-7-1-2-8-20)16-13-15(14-3-5-19-6-4-14)18(24-16)21-9-11-23-12-10-21/h3-6,13H,1-2,7-12H2. The maximum Gasteiger partial charge on any atom is 0.264 e. The van der Waals surface area contributed by atoms with Crippen molar-refractivity contribution in [2.75, 3.05) is 44.3 Å².